The van der Waals surface area contributed by atoms with Crippen molar-refractivity contribution in [2.45, 2.75) is 19.3 Å². The Hall–Kier alpha value is -7.36. The minimum Gasteiger partial charge on any atom is -0.456 e. The molecule has 1 aliphatic rings. The summed E-state index contributed by atoms with van der Waals surface area (Å²) in [5.74, 6) is 0.685. The summed E-state index contributed by atoms with van der Waals surface area (Å²) in [5, 5.41) is 2.21. The highest BCUT2D eigenvalue weighted by Crippen LogP contribution is 2.52. The van der Waals surface area contributed by atoms with Gasteiger partial charge in [-0.3, -0.25) is 0 Å². The molecule has 274 valence electrons. The first-order valence-corrected chi connectivity index (χ1v) is 19.9. The predicted octanol–water partition coefficient (Wildman–Crippen LogP) is 14.7. The maximum atomic E-state index is 6.35. The number of benzene rings is 8. The van der Waals surface area contributed by atoms with Crippen LogP contribution in [-0.2, 0) is 5.41 Å². The van der Waals surface area contributed by atoms with E-state index in [0.29, 0.717) is 5.82 Å². The number of para-hydroxylation sites is 1. The molecule has 1 aliphatic carbocycles. The van der Waals surface area contributed by atoms with Crippen LogP contribution in [0.3, 0.4) is 0 Å². The van der Waals surface area contributed by atoms with Crippen molar-refractivity contribution in [1.82, 2.24) is 9.97 Å². The van der Waals surface area contributed by atoms with Crippen molar-refractivity contribution >= 4 is 21.9 Å². The topological polar surface area (TPSA) is 38.9 Å². The lowest BCUT2D eigenvalue weighted by Gasteiger charge is -2.21. The summed E-state index contributed by atoms with van der Waals surface area (Å²) >= 11 is 0. The molecule has 0 amide bonds. The fourth-order valence-corrected chi connectivity index (χ4v) is 9.04. The Kier molecular flexibility index (Phi) is 7.84. The smallest absolute Gasteiger partial charge is 0.160 e. The van der Waals surface area contributed by atoms with Crippen LogP contribution in [0.2, 0.25) is 0 Å². The maximum Gasteiger partial charge on any atom is 0.160 e. The van der Waals surface area contributed by atoms with E-state index in [1.807, 2.05) is 30.3 Å². The highest BCUT2D eigenvalue weighted by Gasteiger charge is 2.36. The third kappa shape index (κ3) is 5.58. The normalized spacial score (nSPS) is 12.8. The van der Waals surface area contributed by atoms with Crippen molar-refractivity contribution in [2.24, 2.45) is 0 Å². The molecule has 0 saturated heterocycles. The van der Waals surface area contributed by atoms with E-state index in [1.165, 1.54) is 27.8 Å². The van der Waals surface area contributed by atoms with Gasteiger partial charge in [0.25, 0.3) is 0 Å². The lowest BCUT2D eigenvalue weighted by Crippen LogP contribution is -2.14. The molecule has 8 aromatic carbocycles. The molecular formula is C55H38N2O. The molecule has 0 unspecified atom stereocenters. The molecule has 0 radical (unpaired) electrons. The molecule has 0 aliphatic heterocycles. The lowest BCUT2D eigenvalue weighted by atomic mass is 9.82. The summed E-state index contributed by atoms with van der Waals surface area (Å²) in [4.78, 5) is 10.6. The first-order valence-electron chi connectivity index (χ1n) is 19.9. The second-order valence-electron chi connectivity index (χ2n) is 15.7. The van der Waals surface area contributed by atoms with Crippen molar-refractivity contribution in [3.8, 4) is 78.4 Å². The number of nitrogens with zero attached hydrogens (tertiary/aromatic N) is 2. The Labute approximate surface area is 338 Å². The minimum absolute atomic E-state index is 0.0743. The van der Waals surface area contributed by atoms with Gasteiger partial charge in [-0.1, -0.05) is 166 Å². The quantitative estimate of drug-likeness (QED) is 0.170. The van der Waals surface area contributed by atoms with Gasteiger partial charge in [0.05, 0.1) is 11.4 Å². The van der Waals surface area contributed by atoms with E-state index >= 15 is 0 Å². The summed E-state index contributed by atoms with van der Waals surface area (Å²) in [6.45, 7) is 4.67. The molecule has 0 spiro atoms. The van der Waals surface area contributed by atoms with Crippen LogP contribution in [0, 0.1) is 0 Å². The second kappa shape index (κ2) is 13.4. The van der Waals surface area contributed by atoms with Crippen LogP contribution in [0.4, 0.5) is 0 Å². The molecule has 0 atom stereocenters. The van der Waals surface area contributed by atoms with E-state index in [-0.39, 0.29) is 5.41 Å². The molecule has 2 aromatic heterocycles. The fourth-order valence-electron chi connectivity index (χ4n) is 9.04. The van der Waals surface area contributed by atoms with Crippen LogP contribution in [-0.4, -0.2) is 9.97 Å². The van der Waals surface area contributed by atoms with Crippen LogP contribution in [0.1, 0.15) is 25.0 Å². The average Bonchev–Trinajstić information content (AvgIpc) is 3.79. The Bertz CT molecular complexity index is 3190. The van der Waals surface area contributed by atoms with Gasteiger partial charge in [0.2, 0.25) is 0 Å². The van der Waals surface area contributed by atoms with Crippen molar-refractivity contribution in [3.63, 3.8) is 0 Å². The summed E-state index contributed by atoms with van der Waals surface area (Å²) in [6, 6.07) is 68.9. The van der Waals surface area contributed by atoms with E-state index in [0.717, 1.165) is 77.8 Å². The van der Waals surface area contributed by atoms with Gasteiger partial charge in [0.1, 0.15) is 11.2 Å². The average molecular weight is 743 g/mol. The Morgan fingerprint density at radius 1 is 0.379 bits per heavy atom. The van der Waals surface area contributed by atoms with Crippen LogP contribution in [0.15, 0.2) is 199 Å². The third-order valence-corrected chi connectivity index (χ3v) is 11.9. The molecule has 3 heteroatoms. The number of hydrogen-bond donors (Lipinski definition) is 0. The van der Waals surface area contributed by atoms with Gasteiger partial charge < -0.3 is 4.42 Å². The SMILES string of the molecule is CC1(C)c2ccccc2-c2c(-c3cccc(-c4cc(-c5cc(-c6ccccc6)cc(-c6cccc7oc8ccccc8c67)c5)nc(-c5ccccc5)n4)c3)cccc21. The van der Waals surface area contributed by atoms with Crippen molar-refractivity contribution in [2.75, 3.05) is 0 Å². The number of rotatable bonds is 6. The van der Waals surface area contributed by atoms with E-state index in [2.05, 4.69) is 178 Å². The highest BCUT2D eigenvalue weighted by atomic mass is 16.3. The molecule has 58 heavy (non-hydrogen) atoms. The lowest BCUT2D eigenvalue weighted by molar-refractivity contribution is 0.660. The molecule has 0 saturated carbocycles. The number of hydrogen-bond acceptors (Lipinski definition) is 3. The van der Waals surface area contributed by atoms with E-state index in [4.69, 9.17) is 14.4 Å². The van der Waals surface area contributed by atoms with Crippen molar-refractivity contribution in [3.05, 3.63) is 205 Å². The largest absolute Gasteiger partial charge is 0.456 e. The zero-order valence-electron chi connectivity index (χ0n) is 32.3. The van der Waals surface area contributed by atoms with Gasteiger partial charge in [0.15, 0.2) is 5.82 Å². The Balaban J connectivity index is 1.11. The number of fused-ring (bicyclic) bond motifs is 6. The molecule has 2 heterocycles. The second-order valence-corrected chi connectivity index (χ2v) is 15.7. The van der Waals surface area contributed by atoms with Crippen LogP contribution in [0.5, 0.6) is 0 Å². The maximum absolute atomic E-state index is 6.35. The zero-order chi connectivity index (χ0) is 38.8. The summed E-state index contributed by atoms with van der Waals surface area (Å²) in [7, 11) is 0. The van der Waals surface area contributed by atoms with Gasteiger partial charge in [0, 0.05) is 32.9 Å². The minimum atomic E-state index is -0.0743. The number of furan rings is 1. The molecular weight excluding hydrogens is 705 g/mol. The standard InChI is InChI=1S/C55H38N2O/c1-55(2)46-26-11-9-22-44(46)52-42(24-14-27-47(52)55)37-20-13-21-38(30-37)48-34-49(57-54(56-48)36-18-7-4-8-19-36)41-32-39(35-16-5-3-6-17-35)31-40(33-41)43-25-15-29-51-53(43)45-23-10-12-28-50(45)58-51/h3-34H,1-2H3. The number of aromatic nitrogens is 2. The fraction of sp³-hybridized carbons (Fsp3) is 0.0545. The van der Waals surface area contributed by atoms with E-state index in [9.17, 15) is 0 Å². The molecule has 0 fully saturated rings. The van der Waals surface area contributed by atoms with Crippen molar-refractivity contribution in [1.29, 1.82) is 0 Å². The van der Waals surface area contributed by atoms with Gasteiger partial charge in [-0.25, -0.2) is 9.97 Å². The first kappa shape index (κ1) is 33.9. The third-order valence-electron chi connectivity index (χ3n) is 11.9. The predicted molar refractivity (Wildman–Crippen MR) is 239 cm³/mol. The van der Waals surface area contributed by atoms with Gasteiger partial charge in [-0.05, 0) is 98.1 Å². The monoisotopic (exact) mass is 742 g/mol. The molecule has 0 bridgehead atoms. The van der Waals surface area contributed by atoms with E-state index in [1.54, 1.807) is 0 Å². The summed E-state index contributed by atoms with van der Waals surface area (Å²) < 4.78 is 6.35. The first-order chi connectivity index (χ1) is 28.5. The zero-order valence-corrected chi connectivity index (χ0v) is 32.3. The summed E-state index contributed by atoms with van der Waals surface area (Å²) in [5.41, 5.74) is 18.6. The van der Waals surface area contributed by atoms with Crippen LogP contribution in [0.25, 0.3) is 100 Å². The molecule has 10 aromatic rings. The van der Waals surface area contributed by atoms with Gasteiger partial charge in [-0.15, -0.1) is 0 Å². The Morgan fingerprint density at radius 2 is 0.931 bits per heavy atom. The Morgan fingerprint density at radius 3 is 1.78 bits per heavy atom. The van der Waals surface area contributed by atoms with Crippen molar-refractivity contribution < 1.29 is 4.42 Å². The molecule has 11 rings (SSSR count). The highest BCUT2D eigenvalue weighted by molar-refractivity contribution is 6.12. The molecule has 3 nitrogen and oxygen atoms in total. The van der Waals surface area contributed by atoms with Gasteiger partial charge in [-0.2, -0.15) is 0 Å². The van der Waals surface area contributed by atoms with Gasteiger partial charge >= 0.3 is 0 Å². The summed E-state index contributed by atoms with van der Waals surface area (Å²) in [6.07, 6.45) is 0. The van der Waals surface area contributed by atoms with Crippen LogP contribution < -0.4 is 0 Å². The molecule has 0 N–H and O–H groups in total. The van der Waals surface area contributed by atoms with Crippen LogP contribution >= 0.6 is 0 Å². The van der Waals surface area contributed by atoms with E-state index < -0.39 is 0 Å².